The Hall–Kier alpha value is -1.24. The average Bonchev–Trinajstić information content (AvgIpc) is 2.31. The summed E-state index contributed by atoms with van der Waals surface area (Å²) in [6.07, 6.45) is 0.394. The van der Waals surface area contributed by atoms with Crippen LogP contribution in [-0.4, -0.2) is 41.9 Å². The van der Waals surface area contributed by atoms with Gasteiger partial charge in [-0.2, -0.15) is 12.6 Å². The van der Waals surface area contributed by atoms with Crippen LogP contribution in [0.2, 0.25) is 0 Å². The molecule has 0 aliphatic heterocycles. The standard InChI is InChI=1S/C10H17NO5S/c1-6(10(15)16-2)3-4-8(12)11-7(5-17)9(13)14/h6-7,17H,3-5H2,1-2H3,(H,11,12)(H,13,14)/t6-,7-/m0/s1. The molecule has 0 saturated carbocycles. The topological polar surface area (TPSA) is 92.7 Å². The van der Waals surface area contributed by atoms with Gasteiger partial charge in [0.15, 0.2) is 0 Å². The van der Waals surface area contributed by atoms with E-state index in [4.69, 9.17) is 5.11 Å². The number of nitrogens with one attached hydrogen (secondary N) is 1. The first-order valence-electron chi connectivity index (χ1n) is 5.13. The number of carboxylic acids is 1. The average molecular weight is 263 g/mol. The van der Waals surface area contributed by atoms with E-state index < -0.39 is 17.9 Å². The van der Waals surface area contributed by atoms with Gasteiger partial charge in [0.2, 0.25) is 5.91 Å². The summed E-state index contributed by atoms with van der Waals surface area (Å²) in [6.45, 7) is 1.65. The van der Waals surface area contributed by atoms with Gasteiger partial charge in [-0.25, -0.2) is 4.79 Å². The zero-order chi connectivity index (χ0) is 13.4. The van der Waals surface area contributed by atoms with Crippen LogP contribution in [0, 0.1) is 5.92 Å². The lowest BCUT2D eigenvalue weighted by molar-refractivity contribution is -0.145. The fourth-order valence-corrected chi connectivity index (χ4v) is 1.37. The number of esters is 1. The van der Waals surface area contributed by atoms with Gasteiger partial charge >= 0.3 is 11.9 Å². The molecule has 0 aliphatic rings. The number of carbonyl (C=O) groups excluding carboxylic acids is 2. The molecule has 0 fully saturated rings. The molecule has 0 radical (unpaired) electrons. The maximum Gasteiger partial charge on any atom is 0.327 e. The van der Waals surface area contributed by atoms with Crippen LogP contribution in [0.5, 0.6) is 0 Å². The van der Waals surface area contributed by atoms with Gasteiger partial charge in [0.1, 0.15) is 6.04 Å². The Balaban J connectivity index is 4.02. The minimum absolute atomic E-state index is 0.0215. The summed E-state index contributed by atoms with van der Waals surface area (Å²) in [5.41, 5.74) is 0. The third kappa shape index (κ3) is 6.15. The highest BCUT2D eigenvalue weighted by Crippen LogP contribution is 2.07. The molecule has 7 heteroatoms. The van der Waals surface area contributed by atoms with Crippen molar-refractivity contribution in [2.75, 3.05) is 12.9 Å². The van der Waals surface area contributed by atoms with Gasteiger partial charge in [-0.05, 0) is 6.42 Å². The Morgan fingerprint density at radius 1 is 1.41 bits per heavy atom. The monoisotopic (exact) mass is 263 g/mol. The van der Waals surface area contributed by atoms with E-state index in [1.165, 1.54) is 7.11 Å². The minimum atomic E-state index is -1.13. The van der Waals surface area contributed by atoms with Crippen LogP contribution in [0.15, 0.2) is 0 Å². The number of rotatable bonds is 7. The first-order valence-corrected chi connectivity index (χ1v) is 5.76. The van der Waals surface area contributed by atoms with Crippen molar-refractivity contribution < 1.29 is 24.2 Å². The van der Waals surface area contributed by atoms with E-state index in [1.54, 1.807) is 6.92 Å². The summed E-state index contributed by atoms with van der Waals surface area (Å²) in [7, 11) is 1.28. The van der Waals surface area contributed by atoms with Crippen molar-refractivity contribution in [1.82, 2.24) is 5.32 Å². The van der Waals surface area contributed by atoms with Gasteiger partial charge in [-0.3, -0.25) is 9.59 Å². The van der Waals surface area contributed by atoms with Crippen molar-refractivity contribution in [3.8, 4) is 0 Å². The van der Waals surface area contributed by atoms with Gasteiger partial charge in [0.25, 0.3) is 0 Å². The first kappa shape index (κ1) is 15.8. The van der Waals surface area contributed by atoms with Crippen LogP contribution in [0.25, 0.3) is 0 Å². The van der Waals surface area contributed by atoms with E-state index in [-0.39, 0.29) is 24.1 Å². The Morgan fingerprint density at radius 2 is 2.00 bits per heavy atom. The molecular weight excluding hydrogens is 246 g/mol. The van der Waals surface area contributed by atoms with E-state index in [9.17, 15) is 14.4 Å². The largest absolute Gasteiger partial charge is 0.480 e. The van der Waals surface area contributed by atoms with Crippen LogP contribution in [0.1, 0.15) is 19.8 Å². The molecule has 0 rings (SSSR count). The predicted molar refractivity (Wildman–Crippen MR) is 63.8 cm³/mol. The molecule has 1 amide bonds. The predicted octanol–water partition coefficient (Wildman–Crippen LogP) is 0.0749. The van der Waals surface area contributed by atoms with Gasteiger partial charge in [-0.1, -0.05) is 6.92 Å². The molecule has 0 aromatic rings. The van der Waals surface area contributed by atoms with E-state index in [0.29, 0.717) is 6.42 Å². The molecule has 2 N–H and O–H groups in total. The fraction of sp³-hybridized carbons (Fsp3) is 0.700. The number of hydrogen-bond donors (Lipinski definition) is 3. The number of carbonyl (C=O) groups is 3. The molecule has 0 aromatic heterocycles. The van der Waals surface area contributed by atoms with Gasteiger partial charge in [-0.15, -0.1) is 0 Å². The summed E-state index contributed by atoms with van der Waals surface area (Å²) in [6, 6.07) is -1.00. The van der Waals surface area contributed by atoms with Gasteiger partial charge < -0.3 is 15.2 Å². The fourth-order valence-electron chi connectivity index (χ4n) is 1.12. The lowest BCUT2D eigenvalue weighted by atomic mass is 10.1. The second kappa shape index (κ2) is 7.94. The molecule has 0 bridgehead atoms. The molecule has 6 nitrogen and oxygen atoms in total. The van der Waals surface area contributed by atoms with Crippen molar-refractivity contribution in [3.63, 3.8) is 0 Å². The Bertz CT molecular complexity index is 294. The number of carboxylic acid groups (broad SMARTS) is 1. The number of hydrogen-bond acceptors (Lipinski definition) is 5. The van der Waals surface area contributed by atoms with Crippen LogP contribution in [-0.2, 0) is 19.1 Å². The minimum Gasteiger partial charge on any atom is -0.480 e. The Kier molecular flexibility index (Phi) is 7.36. The van der Waals surface area contributed by atoms with Crippen LogP contribution < -0.4 is 5.32 Å². The number of thiol groups is 1. The zero-order valence-electron chi connectivity index (χ0n) is 9.80. The maximum atomic E-state index is 11.4. The zero-order valence-corrected chi connectivity index (χ0v) is 10.7. The first-order chi connectivity index (χ1) is 7.92. The molecule has 0 aliphatic carbocycles. The summed E-state index contributed by atoms with van der Waals surface area (Å²) in [5.74, 6) is -2.29. The van der Waals surface area contributed by atoms with Crippen LogP contribution >= 0.6 is 12.6 Å². The van der Waals surface area contributed by atoms with Crippen molar-refractivity contribution >= 4 is 30.5 Å². The SMILES string of the molecule is COC(=O)[C@@H](C)CCC(=O)N[C@@H](CS)C(=O)O. The molecule has 0 saturated heterocycles. The molecule has 17 heavy (non-hydrogen) atoms. The maximum absolute atomic E-state index is 11.4. The molecular formula is C10H17NO5S. The second-order valence-electron chi connectivity index (χ2n) is 3.60. The quantitative estimate of drug-likeness (QED) is 0.446. The van der Waals surface area contributed by atoms with Crippen molar-refractivity contribution in [2.24, 2.45) is 5.92 Å². The summed E-state index contributed by atoms with van der Waals surface area (Å²) in [5, 5.41) is 11.0. The molecule has 0 heterocycles. The Labute approximate surface area is 105 Å². The molecule has 98 valence electrons. The van der Waals surface area contributed by atoms with Crippen LogP contribution in [0.4, 0.5) is 0 Å². The smallest absolute Gasteiger partial charge is 0.327 e. The number of methoxy groups -OCH3 is 1. The van der Waals surface area contributed by atoms with E-state index in [2.05, 4.69) is 22.7 Å². The van der Waals surface area contributed by atoms with Crippen molar-refractivity contribution in [1.29, 1.82) is 0 Å². The third-order valence-electron chi connectivity index (χ3n) is 2.22. The summed E-state index contributed by atoms with van der Waals surface area (Å²) < 4.78 is 4.51. The van der Waals surface area contributed by atoms with Crippen molar-refractivity contribution in [3.05, 3.63) is 0 Å². The molecule has 0 unspecified atom stereocenters. The highest BCUT2D eigenvalue weighted by atomic mass is 32.1. The van der Waals surface area contributed by atoms with E-state index in [1.807, 2.05) is 0 Å². The highest BCUT2D eigenvalue weighted by molar-refractivity contribution is 7.80. The highest BCUT2D eigenvalue weighted by Gasteiger charge is 2.19. The number of amides is 1. The van der Waals surface area contributed by atoms with E-state index in [0.717, 1.165) is 0 Å². The normalized spacial score (nSPS) is 13.6. The van der Waals surface area contributed by atoms with Crippen molar-refractivity contribution in [2.45, 2.75) is 25.8 Å². The third-order valence-corrected chi connectivity index (χ3v) is 2.59. The Morgan fingerprint density at radius 3 is 2.41 bits per heavy atom. The number of ether oxygens (including phenoxy) is 1. The molecule has 0 aromatic carbocycles. The lowest BCUT2D eigenvalue weighted by Crippen LogP contribution is -2.42. The van der Waals surface area contributed by atoms with Gasteiger partial charge in [0, 0.05) is 12.2 Å². The van der Waals surface area contributed by atoms with Gasteiger partial charge in [0.05, 0.1) is 13.0 Å². The van der Waals surface area contributed by atoms with Crippen LogP contribution in [0.3, 0.4) is 0 Å². The molecule has 0 spiro atoms. The number of aliphatic carboxylic acids is 1. The molecule has 2 atom stereocenters. The van der Waals surface area contributed by atoms with E-state index >= 15 is 0 Å². The summed E-state index contributed by atoms with van der Waals surface area (Å²) in [4.78, 5) is 33.0. The lowest BCUT2D eigenvalue weighted by Gasteiger charge is -2.13. The summed E-state index contributed by atoms with van der Waals surface area (Å²) >= 11 is 3.82. The second-order valence-corrected chi connectivity index (χ2v) is 3.97.